The number of aromatic nitrogens is 3. The second-order valence-electron chi connectivity index (χ2n) is 5.60. The van der Waals surface area contributed by atoms with Crippen molar-refractivity contribution in [1.29, 1.82) is 0 Å². The van der Waals surface area contributed by atoms with Crippen LogP contribution in [-0.4, -0.2) is 32.1 Å². The van der Waals surface area contributed by atoms with E-state index in [1.54, 1.807) is 22.2 Å². The molecule has 0 bridgehead atoms. The third kappa shape index (κ3) is 2.60. The van der Waals surface area contributed by atoms with E-state index in [1.165, 1.54) is 0 Å². The molecule has 1 fully saturated rings. The molecular formula is C15H20N4OS. The van der Waals surface area contributed by atoms with E-state index in [2.05, 4.69) is 15.5 Å². The van der Waals surface area contributed by atoms with E-state index >= 15 is 0 Å². The van der Waals surface area contributed by atoms with Crippen molar-refractivity contribution in [3.05, 3.63) is 33.5 Å². The number of likely N-dealkylation sites (tertiary alicyclic amines) is 1. The number of amides is 1. The normalized spacial score (nSPS) is 19.0. The highest BCUT2D eigenvalue weighted by Gasteiger charge is 2.31. The van der Waals surface area contributed by atoms with Crippen LogP contribution in [0.5, 0.6) is 0 Å². The van der Waals surface area contributed by atoms with Crippen LogP contribution >= 0.6 is 11.3 Å². The first kappa shape index (κ1) is 14.3. The smallest absolute Gasteiger partial charge is 0.257 e. The van der Waals surface area contributed by atoms with E-state index in [0.717, 1.165) is 42.2 Å². The Morgan fingerprint density at radius 1 is 1.38 bits per heavy atom. The fourth-order valence-corrected chi connectivity index (χ4v) is 3.76. The van der Waals surface area contributed by atoms with Gasteiger partial charge in [-0.1, -0.05) is 0 Å². The van der Waals surface area contributed by atoms with E-state index in [1.807, 2.05) is 25.8 Å². The van der Waals surface area contributed by atoms with Crippen molar-refractivity contribution in [3.63, 3.8) is 0 Å². The molecule has 0 aromatic carbocycles. The third-order valence-corrected chi connectivity index (χ3v) is 5.21. The summed E-state index contributed by atoms with van der Waals surface area (Å²) >= 11 is 1.66. The lowest BCUT2D eigenvalue weighted by atomic mass is 10.0. The van der Waals surface area contributed by atoms with Gasteiger partial charge in [0.25, 0.3) is 5.91 Å². The van der Waals surface area contributed by atoms with Gasteiger partial charge in [-0.2, -0.15) is 5.10 Å². The van der Waals surface area contributed by atoms with Crippen LogP contribution in [0.1, 0.15) is 52.1 Å². The van der Waals surface area contributed by atoms with Gasteiger partial charge in [0.05, 0.1) is 17.8 Å². The predicted molar refractivity (Wildman–Crippen MR) is 82.4 cm³/mol. The summed E-state index contributed by atoms with van der Waals surface area (Å²) in [5.41, 5.74) is 2.66. The maximum atomic E-state index is 12.9. The molecule has 0 N–H and O–H groups in total. The zero-order valence-electron chi connectivity index (χ0n) is 12.7. The summed E-state index contributed by atoms with van der Waals surface area (Å²) in [6, 6.07) is 0.115. The second-order valence-corrected chi connectivity index (χ2v) is 6.49. The Bertz CT molecular complexity index is 660. The summed E-state index contributed by atoms with van der Waals surface area (Å²) in [6.07, 6.45) is 4.89. The molecule has 21 heavy (non-hydrogen) atoms. The van der Waals surface area contributed by atoms with Crippen LogP contribution in [0.4, 0.5) is 0 Å². The molecule has 2 aromatic heterocycles. The summed E-state index contributed by atoms with van der Waals surface area (Å²) < 4.78 is 1.75. The first-order chi connectivity index (χ1) is 10.1. The number of nitrogens with zero attached hydrogens (tertiary/aromatic N) is 4. The Hall–Kier alpha value is -1.69. The van der Waals surface area contributed by atoms with Crippen LogP contribution in [-0.2, 0) is 7.05 Å². The molecule has 1 amide bonds. The van der Waals surface area contributed by atoms with Gasteiger partial charge in [-0.15, -0.1) is 11.3 Å². The molecule has 1 atom stereocenters. The Morgan fingerprint density at radius 3 is 2.81 bits per heavy atom. The van der Waals surface area contributed by atoms with Crippen molar-refractivity contribution < 1.29 is 4.79 Å². The summed E-state index contributed by atoms with van der Waals surface area (Å²) in [5, 5.41) is 7.31. The Balaban J connectivity index is 1.91. The number of thiazole rings is 1. The number of aryl methyl sites for hydroxylation is 2. The third-order valence-electron chi connectivity index (χ3n) is 4.15. The number of carbonyl (C=O) groups is 1. The zero-order valence-corrected chi connectivity index (χ0v) is 13.5. The Kier molecular flexibility index (Phi) is 3.80. The van der Waals surface area contributed by atoms with Gasteiger partial charge < -0.3 is 4.90 Å². The first-order valence-electron chi connectivity index (χ1n) is 7.29. The summed E-state index contributed by atoms with van der Waals surface area (Å²) in [6.45, 7) is 4.74. The van der Waals surface area contributed by atoms with Gasteiger partial charge in [0.1, 0.15) is 5.01 Å². The van der Waals surface area contributed by atoms with E-state index in [9.17, 15) is 4.79 Å². The van der Waals surface area contributed by atoms with E-state index in [0.29, 0.717) is 5.56 Å². The average molecular weight is 304 g/mol. The lowest BCUT2D eigenvalue weighted by Crippen LogP contribution is -2.38. The lowest BCUT2D eigenvalue weighted by Gasteiger charge is -2.34. The van der Waals surface area contributed by atoms with Crippen LogP contribution in [0.3, 0.4) is 0 Å². The van der Waals surface area contributed by atoms with Crippen LogP contribution in [0.15, 0.2) is 11.6 Å². The summed E-state index contributed by atoms with van der Waals surface area (Å²) in [4.78, 5) is 19.4. The van der Waals surface area contributed by atoms with Crippen molar-refractivity contribution in [2.24, 2.45) is 7.05 Å². The largest absolute Gasteiger partial charge is 0.329 e. The summed E-state index contributed by atoms with van der Waals surface area (Å²) in [7, 11) is 1.87. The molecule has 3 rings (SSSR count). The van der Waals surface area contributed by atoms with Crippen LogP contribution in [0.2, 0.25) is 0 Å². The molecule has 0 radical (unpaired) electrons. The number of carbonyl (C=O) groups excluding carboxylic acids is 1. The molecule has 1 aliphatic heterocycles. The van der Waals surface area contributed by atoms with Crippen molar-refractivity contribution in [1.82, 2.24) is 19.7 Å². The fourth-order valence-electron chi connectivity index (χ4n) is 2.82. The lowest BCUT2D eigenvalue weighted by molar-refractivity contribution is 0.0610. The van der Waals surface area contributed by atoms with Gasteiger partial charge in [-0.3, -0.25) is 9.48 Å². The van der Waals surface area contributed by atoms with Crippen LogP contribution in [0.25, 0.3) is 0 Å². The monoisotopic (exact) mass is 304 g/mol. The molecule has 2 aromatic rings. The molecule has 0 saturated carbocycles. The minimum atomic E-state index is 0.0816. The van der Waals surface area contributed by atoms with Crippen molar-refractivity contribution >= 4 is 17.2 Å². The van der Waals surface area contributed by atoms with Crippen LogP contribution in [0, 0.1) is 13.8 Å². The van der Waals surface area contributed by atoms with E-state index in [4.69, 9.17) is 0 Å². The molecule has 112 valence electrons. The Labute approximate surface area is 128 Å². The van der Waals surface area contributed by atoms with Crippen LogP contribution < -0.4 is 0 Å². The molecule has 5 nitrogen and oxygen atoms in total. The fraction of sp³-hybridized carbons (Fsp3) is 0.533. The summed E-state index contributed by atoms with van der Waals surface area (Å²) in [5.74, 6) is 0.0816. The molecule has 6 heteroatoms. The molecule has 3 heterocycles. The van der Waals surface area contributed by atoms with Gasteiger partial charge in [-0.25, -0.2) is 4.98 Å². The molecular weight excluding hydrogens is 284 g/mol. The first-order valence-corrected chi connectivity index (χ1v) is 8.17. The molecule has 0 unspecified atom stereocenters. The quantitative estimate of drug-likeness (QED) is 0.857. The average Bonchev–Trinajstić information content (AvgIpc) is 3.06. The molecule has 1 aliphatic rings. The minimum Gasteiger partial charge on any atom is -0.329 e. The minimum absolute atomic E-state index is 0.0816. The topological polar surface area (TPSA) is 51.0 Å². The molecule has 0 spiro atoms. The number of piperidine rings is 1. The molecule has 1 saturated heterocycles. The maximum Gasteiger partial charge on any atom is 0.257 e. The number of hydrogen-bond acceptors (Lipinski definition) is 4. The number of rotatable bonds is 2. The van der Waals surface area contributed by atoms with E-state index in [-0.39, 0.29) is 11.9 Å². The SMILES string of the molecule is Cc1csc([C@H]2CCCCN2C(=O)c2cnn(C)c2C)n1. The van der Waals surface area contributed by atoms with Gasteiger partial charge >= 0.3 is 0 Å². The van der Waals surface area contributed by atoms with E-state index < -0.39 is 0 Å². The van der Waals surface area contributed by atoms with Gasteiger partial charge in [0, 0.05) is 30.4 Å². The van der Waals surface area contributed by atoms with Crippen molar-refractivity contribution in [3.8, 4) is 0 Å². The van der Waals surface area contributed by atoms with Gasteiger partial charge in [0.2, 0.25) is 0 Å². The standard InChI is InChI=1S/C15H20N4OS/c1-10-9-21-14(17-10)13-6-4-5-7-19(13)15(20)12-8-16-18(3)11(12)2/h8-9,13H,4-7H2,1-3H3/t13-/m1/s1. The molecule has 0 aliphatic carbocycles. The zero-order chi connectivity index (χ0) is 15.0. The highest BCUT2D eigenvalue weighted by atomic mass is 32.1. The highest BCUT2D eigenvalue weighted by molar-refractivity contribution is 7.09. The van der Waals surface area contributed by atoms with Crippen molar-refractivity contribution in [2.45, 2.75) is 39.2 Å². The highest BCUT2D eigenvalue weighted by Crippen LogP contribution is 2.34. The second kappa shape index (κ2) is 5.60. The van der Waals surface area contributed by atoms with Gasteiger partial charge in [0.15, 0.2) is 0 Å². The predicted octanol–water partition coefficient (Wildman–Crippen LogP) is 2.86. The van der Waals surface area contributed by atoms with Gasteiger partial charge in [-0.05, 0) is 33.1 Å². The maximum absolute atomic E-state index is 12.9. The van der Waals surface area contributed by atoms with Crippen molar-refractivity contribution in [2.75, 3.05) is 6.54 Å². The Morgan fingerprint density at radius 2 is 2.19 bits per heavy atom. The number of hydrogen-bond donors (Lipinski definition) is 0.